The van der Waals surface area contributed by atoms with Gasteiger partial charge in [-0.2, -0.15) is 0 Å². The van der Waals surface area contributed by atoms with E-state index in [9.17, 15) is 9.59 Å². The summed E-state index contributed by atoms with van der Waals surface area (Å²) in [6.45, 7) is 0.711. The zero-order valence-electron chi connectivity index (χ0n) is 17.1. The molecule has 4 aromatic rings. The maximum atomic E-state index is 13.3. The molecular weight excluding hydrogens is 386 g/mol. The normalized spacial score (nSPS) is 13.2. The smallest absolute Gasteiger partial charge is 0.256 e. The number of carbonyl (C=O) groups excluding carboxylic acids is 2. The van der Waals surface area contributed by atoms with Gasteiger partial charge in [0.15, 0.2) is 0 Å². The van der Waals surface area contributed by atoms with E-state index in [-0.39, 0.29) is 11.8 Å². The van der Waals surface area contributed by atoms with Crippen LogP contribution in [0.4, 0.5) is 5.69 Å². The standard InChI is InChI=1S/C26H21N3O2/c1-29-14-13-17-11-12-19(15-21(17)26(29)31)27-25(30)22-16-24(18-7-3-2-4-8-18)28-23-10-6-5-9-20(22)23/h2-12,15-16H,13-14H2,1H3,(H,27,30). The van der Waals surface area contributed by atoms with Crippen LogP contribution in [0.25, 0.3) is 22.2 Å². The number of carbonyl (C=O) groups is 2. The third kappa shape index (κ3) is 3.55. The first-order valence-electron chi connectivity index (χ1n) is 10.2. The molecule has 0 spiro atoms. The van der Waals surface area contributed by atoms with E-state index in [1.807, 2.05) is 72.8 Å². The maximum absolute atomic E-state index is 13.3. The second-order valence-corrected chi connectivity index (χ2v) is 7.74. The molecule has 0 atom stereocenters. The van der Waals surface area contributed by atoms with Crippen molar-refractivity contribution in [3.63, 3.8) is 0 Å². The van der Waals surface area contributed by atoms with Gasteiger partial charge in [-0.1, -0.05) is 54.6 Å². The number of pyridine rings is 1. The van der Waals surface area contributed by atoms with E-state index < -0.39 is 0 Å². The first-order valence-corrected chi connectivity index (χ1v) is 10.2. The number of amides is 2. The van der Waals surface area contributed by atoms with E-state index in [1.54, 1.807) is 18.0 Å². The van der Waals surface area contributed by atoms with E-state index >= 15 is 0 Å². The molecule has 0 radical (unpaired) electrons. The third-order valence-electron chi connectivity index (χ3n) is 5.69. The van der Waals surface area contributed by atoms with Gasteiger partial charge < -0.3 is 10.2 Å². The molecule has 0 aliphatic carbocycles. The van der Waals surface area contributed by atoms with Gasteiger partial charge in [-0.25, -0.2) is 4.98 Å². The average molecular weight is 407 g/mol. The zero-order valence-corrected chi connectivity index (χ0v) is 17.1. The molecule has 5 heteroatoms. The lowest BCUT2D eigenvalue weighted by molar-refractivity contribution is 0.0780. The van der Waals surface area contributed by atoms with Crippen molar-refractivity contribution in [2.24, 2.45) is 0 Å². The topological polar surface area (TPSA) is 62.3 Å². The Morgan fingerprint density at radius 1 is 0.968 bits per heavy atom. The van der Waals surface area contributed by atoms with Crippen LogP contribution in [0.2, 0.25) is 0 Å². The molecular formula is C26H21N3O2. The van der Waals surface area contributed by atoms with Crippen LogP contribution in [0.3, 0.4) is 0 Å². The van der Waals surface area contributed by atoms with Crippen LogP contribution in [0, 0.1) is 0 Å². The molecule has 1 aliphatic rings. The highest BCUT2D eigenvalue weighted by molar-refractivity contribution is 6.13. The van der Waals surface area contributed by atoms with Crippen molar-refractivity contribution in [3.05, 3.63) is 95.6 Å². The number of hydrogen-bond donors (Lipinski definition) is 1. The fraction of sp³-hybridized carbons (Fsp3) is 0.115. The monoisotopic (exact) mass is 407 g/mol. The van der Waals surface area contributed by atoms with Crippen LogP contribution in [-0.2, 0) is 6.42 Å². The summed E-state index contributed by atoms with van der Waals surface area (Å²) in [7, 11) is 1.80. The number of benzene rings is 3. The molecule has 0 unspecified atom stereocenters. The number of hydrogen-bond acceptors (Lipinski definition) is 3. The summed E-state index contributed by atoms with van der Waals surface area (Å²) >= 11 is 0. The molecule has 1 aliphatic heterocycles. The number of nitrogens with one attached hydrogen (secondary N) is 1. The minimum atomic E-state index is -0.229. The highest BCUT2D eigenvalue weighted by Crippen LogP contribution is 2.27. The summed E-state index contributed by atoms with van der Waals surface area (Å²) in [6, 6.07) is 24.8. The molecule has 1 N–H and O–H groups in total. The van der Waals surface area contributed by atoms with Gasteiger partial charge in [0.25, 0.3) is 11.8 Å². The van der Waals surface area contributed by atoms with E-state index in [1.165, 1.54) is 0 Å². The van der Waals surface area contributed by atoms with E-state index in [4.69, 9.17) is 4.98 Å². The van der Waals surface area contributed by atoms with Gasteiger partial charge in [0.05, 0.1) is 16.8 Å². The average Bonchev–Trinajstić information content (AvgIpc) is 2.81. The molecule has 5 rings (SSSR count). The van der Waals surface area contributed by atoms with Crippen LogP contribution in [0.1, 0.15) is 26.3 Å². The second kappa shape index (κ2) is 7.69. The molecule has 0 fully saturated rings. The summed E-state index contributed by atoms with van der Waals surface area (Å²) in [5, 5.41) is 3.76. The molecule has 3 aromatic carbocycles. The van der Waals surface area contributed by atoms with Gasteiger partial charge in [-0.05, 0) is 36.2 Å². The van der Waals surface area contributed by atoms with Gasteiger partial charge in [-0.3, -0.25) is 9.59 Å². The predicted molar refractivity (Wildman–Crippen MR) is 122 cm³/mol. The fourth-order valence-corrected chi connectivity index (χ4v) is 3.99. The molecule has 0 saturated carbocycles. The van der Waals surface area contributed by atoms with Crippen LogP contribution in [-0.4, -0.2) is 35.3 Å². The van der Waals surface area contributed by atoms with Gasteiger partial charge in [0.1, 0.15) is 0 Å². The number of anilines is 1. The van der Waals surface area contributed by atoms with Crippen molar-refractivity contribution < 1.29 is 9.59 Å². The van der Waals surface area contributed by atoms with Crippen molar-refractivity contribution in [2.75, 3.05) is 18.9 Å². The lowest BCUT2D eigenvalue weighted by Crippen LogP contribution is -2.34. The maximum Gasteiger partial charge on any atom is 0.256 e. The van der Waals surface area contributed by atoms with Crippen molar-refractivity contribution in [1.29, 1.82) is 0 Å². The molecule has 5 nitrogen and oxygen atoms in total. The molecule has 1 aromatic heterocycles. The van der Waals surface area contributed by atoms with Gasteiger partial charge in [-0.15, -0.1) is 0 Å². The molecule has 0 bridgehead atoms. The van der Waals surface area contributed by atoms with Gasteiger partial charge in [0.2, 0.25) is 0 Å². The summed E-state index contributed by atoms with van der Waals surface area (Å²) in [5.41, 5.74) is 5.27. The van der Waals surface area contributed by atoms with Crippen molar-refractivity contribution >= 4 is 28.4 Å². The Balaban J connectivity index is 1.54. The molecule has 2 amide bonds. The Bertz CT molecular complexity index is 1320. The summed E-state index contributed by atoms with van der Waals surface area (Å²) in [4.78, 5) is 32.2. The quantitative estimate of drug-likeness (QED) is 0.532. The summed E-state index contributed by atoms with van der Waals surface area (Å²) in [6.07, 6.45) is 0.821. The fourth-order valence-electron chi connectivity index (χ4n) is 3.99. The minimum Gasteiger partial charge on any atom is -0.341 e. The van der Waals surface area contributed by atoms with Crippen LogP contribution in [0.15, 0.2) is 78.9 Å². The lowest BCUT2D eigenvalue weighted by Gasteiger charge is -2.25. The zero-order chi connectivity index (χ0) is 21.4. The van der Waals surface area contributed by atoms with Crippen LogP contribution in [0.5, 0.6) is 0 Å². The van der Waals surface area contributed by atoms with Crippen molar-refractivity contribution in [1.82, 2.24) is 9.88 Å². The lowest BCUT2D eigenvalue weighted by atomic mass is 9.98. The summed E-state index contributed by atoms with van der Waals surface area (Å²) in [5.74, 6) is -0.245. The largest absolute Gasteiger partial charge is 0.341 e. The SMILES string of the molecule is CN1CCc2ccc(NC(=O)c3cc(-c4ccccc4)nc4ccccc34)cc2C1=O. The molecule has 0 saturated heterocycles. The number of likely N-dealkylation sites (N-methyl/N-ethyl adjacent to an activating group) is 1. The van der Waals surface area contributed by atoms with Gasteiger partial charge >= 0.3 is 0 Å². The number of nitrogens with zero attached hydrogens (tertiary/aromatic N) is 2. The number of aromatic nitrogens is 1. The third-order valence-corrected chi connectivity index (χ3v) is 5.69. The molecule has 152 valence electrons. The van der Waals surface area contributed by atoms with Gasteiger partial charge in [0, 0.05) is 35.8 Å². The highest BCUT2D eigenvalue weighted by atomic mass is 16.2. The number of para-hydroxylation sites is 1. The summed E-state index contributed by atoms with van der Waals surface area (Å²) < 4.78 is 0. The first kappa shape index (κ1) is 19.0. The Kier molecular flexibility index (Phi) is 4.71. The van der Waals surface area contributed by atoms with E-state index in [0.717, 1.165) is 34.1 Å². The Labute approximate surface area is 180 Å². The van der Waals surface area contributed by atoms with Crippen LogP contribution >= 0.6 is 0 Å². The second-order valence-electron chi connectivity index (χ2n) is 7.74. The van der Waals surface area contributed by atoms with Crippen molar-refractivity contribution in [2.45, 2.75) is 6.42 Å². The van der Waals surface area contributed by atoms with E-state index in [2.05, 4.69) is 5.32 Å². The van der Waals surface area contributed by atoms with Crippen molar-refractivity contribution in [3.8, 4) is 11.3 Å². The Hall–Kier alpha value is -3.99. The minimum absolute atomic E-state index is 0.0157. The van der Waals surface area contributed by atoms with Crippen LogP contribution < -0.4 is 5.32 Å². The van der Waals surface area contributed by atoms with E-state index in [0.29, 0.717) is 23.4 Å². The highest BCUT2D eigenvalue weighted by Gasteiger charge is 2.22. The predicted octanol–water partition coefficient (Wildman–Crippen LogP) is 4.78. The number of fused-ring (bicyclic) bond motifs is 2. The number of rotatable bonds is 3. The molecule has 31 heavy (non-hydrogen) atoms. The Morgan fingerprint density at radius 3 is 2.58 bits per heavy atom. The Morgan fingerprint density at radius 2 is 1.74 bits per heavy atom. The molecule has 2 heterocycles. The first-order chi connectivity index (χ1) is 15.1.